The lowest BCUT2D eigenvalue weighted by atomic mass is 9.75. The molecule has 3 saturated carbocycles. The Balaban J connectivity index is 0.000000150. The van der Waals surface area contributed by atoms with Gasteiger partial charge in [-0.1, -0.05) is 71.4 Å². The van der Waals surface area contributed by atoms with Gasteiger partial charge in [-0.05, 0) is 244 Å². The summed E-state index contributed by atoms with van der Waals surface area (Å²) in [4.78, 5) is 52.6. The van der Waals surface area contributed by atoms with Crippen LogP contribution in [-0.2, 0) is 22.6 Å². The summed E-state index contributed by atoms with van der Waals surface area (Å²) in [5.41, 5.74) is 14.1. The van der Waals surface area contributed by atoms with Crippen molar-refractivity contribution in [1.29, 1.82) is 0 Å². The summed E-state index contributed by atoms with van der Waals surface area (Å²) < 4.78 is 13.5. The van der Waals surface area contributed by atoms with E-state index in [-0.39, 0.29) is 11.9 Å². The van der Waals surface area contributed by atoms with Gasteiger partial charge in [0, 0.05) is 74.9 Å². The molecule has 2 N–H and O–H groups in total. The lowest BCUT2D eigenvalue weighted by Crippen LogP contribution is -2.34. The van der Waals surface area contributed by atoms with Gasteiger partial charge in [0.1, 0.15) is 14.6 Å². The fourth-order valence-electron chi connectivity index (χ4n) is 13.4. The highest BCUT2D eigenvalue weighted by molar-refractivity contribution is 14.1. The fraction of sp³-hybridized carbons (Fsp3) is 0.523. The summed E-state index contributed by atoms with van der Waals surface area (Å²) in [7, 11) is 2.95. The lowest BCUT2D eigenvalue weighted by Gasteiger charge is -2.37. The first-order valence-corrected chi connectivity index (χ1v) is 35.2. The van der Waals surface area contributed by atoms with Crippen LogP contribution in [0, 0.1) is 44.2 Å². The molecule has 0 saturated heterocycles. The Bertz CT molecular complexity index is 3070. The normalized spacial score (nSPS) is 23.8. The van der Waals surface area contributed by atoms with E-state index in [1.807, 2.05) is 30.6 Å². The van der Waals surface area contributed by atoms with E-state index in [0.717, 1.165) is 136 Å². The van der Waals surface area contributed by atoms with Crippen LogP contribution in [0.5, 0.6) is 0 Å². The standard InChI is InChI=1S/C24H29IN2O2S.C23H27IN2O2S.C18H24INO2S/c1-16-6-8-17(9-7-16)21-15-27(14-18-5-3-4-11-26-18)12-10-19(21)20-13-22(25)30-23(20)24(28)29-2;1-15-5-7-16(8-6-15)20-14-26(13-17-4-2-3-10-25-17)11-9-18(20)19-12-21(24)29-22(19)23(27)28;1-11-3-5-12(6-4-11)15-10-20-8-7-13(15)14-9-16(19)23-17(14)18(21)22-2/h3-5,11,13,16-17H,6-10,12,14-15H2,1-2H3;2-4,10,12,15-16H,5-9,11,13-14H2,1H3,(H,27,28);9,11-12,20H,3-8,10H2,1-2H3. The van der Waals surface area contributed by atoms with Crippen LogP contribution in [0.4, 0.5) is 0 Å². The molecule has 0 bridgehead atoms. The molecule has 440 valence electrons. The topological polar surface area (TPSA) is 134 Å². The molecule has 5 aromatic rings. The van der Waals surface area contributed by atoms with Crippen molar-refractivity contribution in [3.63, 3.8) is 0 Å². The van der Waals surface area contributed by atoms with Crippen molar-refractivity contribution in [2.75, 3.05) is 53.5 Å². The van der Waals surface area contributed by atoms with Gasteiger partial charge in [0.05, 0.1) is 34.3 Å². The number of aromatic nitrogens is 2. The maximum Gasteiger partial charge on any atom is 0.348 e. The third-order valence-electron chi connectivity index (χ3n) is 17.9. The second-order valence-corrected chi connectivity index (χ2v) is 32.4. The third kappa shape index (κ3) is 16.6. The highest BCUT2D eigenvalue weighted by Gasteiger charge is 2.34. The van der Waals surface area contributed by atoms with Gasteiger partial charge in [-0.15, -0.1) is 34.0 Å². The van der Waals surface area contributed by atoms with Crippen LogP contribution in [0.3, 0.4) is 0 Å². The van der Waals surface area contributed by atoms with Crippen LogP contribution in [0.15, 0.2) is 83.7 Å². The molecule has 0 radical (unpaired) electrons. The van der Waals surface area contributed by atoms with Gasteiger partial charge in [-0.3, -0.25) is 19.8 Å². The first-order chi connectivity index (χ1) is 39.7. The van der Waals surface area contributed by atoms with E-state index in [9.17, 15) is 19.5 Å². The molecule has 8 heterocycles. The number of carbonyl (C=O) groups excluding carboxylic acids is 2. The molecule has 11 nitrogen and oxygen atoms in total. The Morgan fingerprint density at radius 3 is 1.32 bits per heavy atom. The molecule has 0 amide bonds. The monoisotopic (exact) mass is 1500 g/mol. The van der Waals surface area contributed by atoms with Crippen LogP contribution >= 0.6 is 102 Å². The summed E-state index contributed by atoms with van der Waals surface area (Å²) in [6.07, 6.45) is 22.0. The van der Waals surface area contributed by atoms with E-state index in [0.29, 0.717) is 22.6 Å². The number of ether oxygens (including phenoxy) is 2. The first-order valence-electron chi connectivity index (χ1n) is 29.6. The van der Waals surface area contributed by atoms with Crippen molar-refractivity contribution in [2.45, 2.75) is 130 Å². The Kier molecular flexibility index (Phi) is 23.8. The summed E-state index contributed by atoms with van der Waals surface area (Å²) in [5.74, 6) is 3.15. The number of methoxy groups -OCH3 is 2. The first kappa shape index (κ1) is 63.6. The molecule has 0 atom stereocenters. The van der Waals surface area contributed by atoms with Crippen molar-refractivity contribution in [3.8, 4) is 0 Å². The third-order valence-corrected chi connectivity index (χ3v) is 23.6. The predicted molar refractivity (Wildman–Crippen MR) is 361 cm³/mol. The maximum absolute atomic E-state index is 12.5. The Morgan fingerprint density at radius 1 is 0.561 bits per heavy atom. The number of rotatable bonds is 13. The van der Waals surface area contributed by atoms with Gasteiger partial charge in [0.25, 0.3) is 0 Å². The average Bonchev–Trinajstić information content (AvgIpc) is 4.31. The second kappa shape index (κ2) is 30.6. The highest BCUT2D eigenvalue weighted by Crippen LogP contribution is 2.46. The zero-order valence-electron chi connectivity index (χ0n) is 48.2. The molecule has 17 heteroatoms. The number of halogens is 3. The van der Waals surface area contributed by atoms with Crippen molar-refractivity contribution >= 4 is 136 Å². The van der Waals surface area contributed by atoms with Crippen molar-refractivity contribution < 1.29 is 29.0 Å². The Morgan fingerprint density at radius 2 is 0.939 bits per heavy atom. The second-order valence-electron chi connectivity index (χ2n) is 23.5. The van der Waals surface area contributed by atoms with Gasteiger partial charge in [-0.2, -0.15) is 0 Å². The summed E-state index contributed by atoms with van der Waals surface area (Å²) in [5, 5.41) is 13.3. The Labute approximate surface area is 539 Å². The molecule has 3 aliphatic carbocycles. The lowest BCUT2D eigenvalue weighted by molar-refractivity contribution is 0.0597. The molecular formula is C65H80I3N5O6S3. The summed E-state index contributed by atoms with van der Waals surface area (Å²) in [6, 6.07) is 18.7. The summed E-state index contributed by atoms with van der Waals surface area (Å²) in [6.45, 7) is 14.6. The number of nitrogens with one attached hydrogen (secondary N) is 1. The average molecular weight is 1500 g/mol. The number of hydrogen-bond donors (Lipinski definition) is 2. The fourth-order valence-corrected chi connectivity index (χ4v) is 18.7. The number of thiophene rings is 3. The minimum atomic E-state index is -0.798. The van der Waals surface area contributed by atoms with Crippen LogP contribution in [0.25, 0.3) is 16.7 Å². The van der Waals surface area contributed by atoms with Crippen LogP contribution in [0.2, 0.25) is 0 Å². The van der Waals surface area contributed by atoms with E-state index in [2.05, 4.69) is 150 Å². The molecule has 3 aliphatic heterocycles. The van der Waals surface area contributed by atoms with E-state index < -0.39 is 5.97 Å². The molecule has 6 aliphatic rings. The minimum absolute atomic E-state index is 0.199. The SMILES string of the molecule is CC1CCC(C2=C(c3cc(I)sc3C(=O)O)CCN(Cc3ccccn3)C2)CC1.COC(=O)c1sc(I)cc1C1=C(C2CCC(C)CC2)CN(Cc2ccccn2)CC1.COC(=O)c1sc(I)cc1C1=C(C2CCC(C)CC2)CNCC1. The van der Waals surface area contributed by atoms with Gasteiger partial charge in [-0.25, -0.2) is 14.4 Å². The largest absolute Gasteiger partial charge is 0.477 e. The minimum Gasteiger partial charge on any atom is -0.477 e. The molecule has 82 heavy (non-hydrogen) atoms. The zero-order valence-corrected chi connectivity index (χ0v) is 57.1. The predicted octanol–water partition coefficient (Wildman–Crippen LogP) is 16.7. The van der Waals surface area contributed by atoms with Gasteiger partial charge in [0.15, 0.2) is 0 Å². The number of pyridine rings is 2. The highest BCUT2D eigenvalue weighted by atomic mass is 127. The van der Waals surface area contributed by atoms with Gasteiger partial charge >= 0.3 is 17.9 Å². The van der Waals surface area contributed by atoms with Gasteiger partial charge in [0.2, 0.25) is 0 Å². The van der Waals surface area contributed by atoms with Crippen LogP contribution < -0.4 is 5.32 Å². The molecule has 11 rings (SSSR count). The number of nitrogens with zero attached hydrogens (tertiary/aromatic N) is 4. The van der Waals surface area contributed by atoms with E-state index >= 15 is 0 Å². The quantitative estimate of drug-likeness (QED) is 0.0862. The van der Waals surface area contributed by atoms with Gasteiger partial charge < -0.3 is 19.9 Å². The smallest absolute Gasteiger partial charge is 0.348 e. The number of aromatic carboxylic acids is 1. The van der Waals surface area contributed by atoms with Crippen LogP contribution in [-0.4, -0.2) is 96.3 Å². The number of hydrogen-bond acceptors (Lipinski definition) is 13. The molecule has 0 unspecified atom stereocenters. The molecule has 0 aromatic carbocycles. The van der Waals surface area contributed by atoms with E-state index in [4.69, 9.17) is 9.47 Å². The number of carboxylic acids is 1. The Hall–Kier alpha value is -2.90. The van der Waals surface area contributed by atoms with Crippen molar-refractivity contribution in [2.24, 2.45) is 35.5 Å². The number of carbonyl (C=O) groups is 3. The number of carboxylic acid groups (broad SMARTS) is 1. The van der Waals surface area contributed by atoms with Crippen LogP contribution in [0.1, 0.15) is 174 Å². The molecular weight excluding hydrogens is 1420 g/mol. The summed E-state index contributed by atoms with van der Waals surface area (Å²) >= 11 is 11.4. The number of esters is 2. The molecule has 5 aromatic heterocycles. The van der Waals surface area contributed by atoms with Crippen molar-refractivity contribution in [3.05, 3.63) is 135 Å². The van der Waals surface area contributed by atoms with Crippen molar-refractivity contribution in [1.82, 2.24) is 25.1 Å². The maximum atomic E-state index is 12.5. The van der Waals surface area contributed by atoms with E-state index in [1.54, 1.807) is 33.8 Å². The molecule has 3 fully saturated rings. The molecule has 0 spiro atoms. The van der Waals surface area contributed by atoms with E-state index in [1.165, 1.54) is 125 Å². The zero-order chi connectivity index (χ0) is 57.9.